The van der Waals surface area contributed by atoms with E-state index in [1.54, 1.807) is 23.2 Å². The lowest BCUT2D eigenvalue weighted by Gasteiger charge is -2.21. The number of hydrogen-bond donors (Lipinski definition) is 0. The van der Waals surface area contributed by atoms with Crippen LogP contribution >= 0.6 is 27.3 Å². The Balaban J connectivity index is 1.66. The van der Waals surface area contributed by atoms with Crippen molar-refractivity contribution in [3.8, 4) is 0 Å². The Labute approximate surface area is 224 Å². The number of pyridine rings is 1. The van der Waals surface area contributed by atoms with Gasteiger partial charge in [-0.3, -0.25) is 14.7 Å². The smallest absolute Gasteiger partial charge is 0.260 e. The first kappa shape index (κ1) is 26.4. The third-order valence-corrected chi connectivity index (χ3v) is 9.24. The SMILES string of the molecule is CCCCN(CC)S(=O)(=O)c1ccc(C(=O)N(Cc2ccccn2)c2nc3ccc(Br)cc3s2)cc1. The molecule has 36 heavy (non-hydrogen) atoms. The Kier molecular flexibility index (Phi) is 8.50. The highest BCUT2D eigenvalue weighted by Gasteiger charge is 2.25. The van der Waals surface area contributed by atoms with E-state index in [1.165, 1.54) is 27.8 Å². The van der Waals surface area contributed by atoms with E-state index in [2.05, 4.69) is 25.9 Å². The van der Waals surface area contributed by atoms with Crippen LogP contribution in [0.3, 0.4) is 0 Å². The van der Waals surface area contributed by atoms with Gasteiger partial charge in [-0.1, -0.05) is 53.6 Å². The number of carbonyl (C=O) groups excluding carboxylic acids is 1. The molecule has 0 atom stereocenters. The third-order valence-electron chi connectivity index (χ3n) is 5.71. The molecule has 10 heteroatoms. The summed E-state index contributed by atoms with van der Waals surface area (Å²) in [4.78, 5) is 24.5. The van der Waals surface area contributed by atoms with Crippen LogP contribution in [-0.4, -0.2) is 41.7 Å². The first-order chi connectivity index (χ1) is 17.3. The molecule has 188 valence electrons. The zero-order valence-electron chi connectivity index (χ0n) is 20.1. The summed E-state index contributed by atoms with van der Waals surface area (Å²) in [5.41, 5.74) is 1.90. The van der Waals surface area contributed by atoms with Crippen molar-refractivity contribution in [2.24, 2.45) is 0 Å². The molecule has 0 saturated heterocycles. The minimum Gasteiger partial charge on any atom is -0.278 e. The average Bonchev–Trinajstić information content (AvgIpc) is 3.31. The van der Waals surface area contributed by atoms with Gasteiger partial charge in [0, 0.05) is 29.3 Å². The summed E-state index contributed by atoms with van der Waals surface area (Å²) in [5.74, 6) is -0.277. The number of aromatic nitrogens is 2. The van der Waals surface area contributed by atoms with Gasteiger partial charge < -0.3 is 0 Å². The number of sulfonamides is 1. The number of nitrogens with zero attached hydrogens (tertiary/aromatic N) is 4. The summed E-state index contributed by atoms with van der Waals surface area (Å²) in [6.45, 7) is 4.97. The van der Waals surface area contributed by atoms with Crippen LogP contribution in [0.2, 0.25) is 0 Å². The van der Waals surface area contributed by atoms with Gasteiger partial charge in [0.25, 0.3) is 5.91 Å². The molecule has 0 saturated carbocycles. The van der Waals surface area contributed by atoms with Gasteiger partial charge in [-0.25, -0.2) is 13.4 Å². The van der Waals surface area contributed by atoms with E-state index in [0.717, 1.165) is 33.2 Å². The predicted octanol–water partition coefficient (Wildman–Crippen LogP) is 6.11. The highest BCUT2D eigenvalue weighted by molar-refractivity contribution is 9.10. The van der Waals surface area contributed by atoms with Crippen LogP contribution in [-0.2, 0) is 16.6 Å². The molecule has 2 heterocycles. The van der Waals surface area contributed by atoms with Crippen LogP contribution in [0.4, 0.5) is 5.13 Å². The number of thiazole rings is 1. The highest BCUT2D eigenvalue weighted by atomic mass is 79.9. The van der Waals surface area contributed by atoms with E-state index in [-0.39, 0.29) is 17.3 Å². The lowest BCUT2D eigenvalue weighted by Crippen LogP contribution is -2.32. The van der Waals surface area contributed by atoms with Crippen LogP contribution < -0.4 is 4.90 Å². The molecule has 2 aromatic carbocycles. The largest absolute Gasteiger partial charge is 0.278 e. The maximum atomic E-state index is 13.7. The van der Waals surface area contributed by atoms with E-state index in [0.29, 0.717) is 23.8 Å². The maximum absolute atomic E-state index is 13.7. The topological polar surface area (TPSA) is 83.5 Å². The van der Waals surface area contributed by atoms with Gasteiger partial charge in [0.05, 0.1) is 27.4 Å². The van der Waals surface area contributed by atoms with E-state index in [1.807, 2.05) is 50.2 Å². The molecule has 0 fully saturated rings. The summed E-state index contributed by atoms with van der Waals surface area (Å²) in [6.07, 6.45) is 3.39. The van der Waals surface area contributed by atoms with Gasteiger partial charge >= 0.3 is 0 Å². The molecule has 0 N–H and O–H groups in total. The van der Waals surface area contributed by atoms with Crippen LogP contribution in [0.25, 0.3) is 10.2 Å². The molecular weight excluding hydrogens is 560 g/mol. The number of anilines is 1. The van der Waals surface area contributed by atoms with Crippen molar-refractivity contribution in [1.29, 1.82) is 0 Å². The van der Waals surface area contributed by atoms with Gasteiger partial charge in [0.2, 0.25) is 10.0 Å². The quantitative estimate of drug-likeness (QED) is 0.224. The summed E-state index contributed by atoms with van der Waals surface area (Å²) < 4.78 is 29.5. The van der Waals surface area contributed by atoms with Crippen LogP contribution in [0.15, 0.2) is 76.2 Å². The van der Waals surface area contributed by atoms with Crippen LogP contribution in [0, 0.1) is 0 Å². The Morgan fingerprint density at radius 3 is 2.50 bits per heavy atom. The average molecular weight is 588 g/mol. The van der Waals surface area contributed by atoms with E-state index in [9.17, 15) is 13.2 Å². The zero-order valence-corrected chi connectivity index (χ0v) is 23.3. The number of halogens is 1. The molecule has 2 aromatic heterocycles. The van der Waals surface area contributed by atoms with E-state index < -0.39 is 10.0 Å². The minimum absolute atomic E-state index is 0.179. The Morgan fingerprint density at radius 2 is 1.83 bits per heavy atom. The fraction of sp³-hybridized carbons (Fsp3) is 0.269. The number of amides is 1. The lowest BCUT2D eigenvalue weighted by atomic mass is 10.2. The minimum atomic E-state index is -3.62. The molecule has 0 spiro atoms. The van der Waals surface area contributed by atoms with Crippen molar-refractivity contribution >= 4 is 58.5 Å². The van der Waals surface area contributed by atoms with Crippen molar-refractivity contribution in [2.45, 2.75) is 38.1 Å². The lowest BCUT2D eigenvalue weighted by molar-refractivity contribution is 0.0984. The number of hydrogen-bond acceptors (Lipinski definition) is 6. The van der Waals surface area contributed by atoms with Gasteiger partial charge in [-0.15, -0.1) is 0 Å². The number of rotatable bonds is 10. The van der Waals surface area contributed by atoms with Crippen molar-refractivity contribution in [3.63, 3.8) is 0 Å². The fourth-order valence-corrected chi connectivity index (χ4v) is 6.74. The van der Waals surface area contributed by atoms with E-state index >= 15 is 0 Å². The Bertz CT molecular complexity index is 1440. The number of unbranched alkanes of at least 4 members (excludes halogenated alkanes) is 1. The van der Waals surface area contributed by atoms with Crippen LogP contribution in [0.1, 0.15) is 42.7 Å². The van der Waals surface area contributed by atoms with Crippen molar-refractivity contribution in [2.75, 3.05) is 18.0 Å². The molecule has 0 aliphatic rings. The van der Waals surface area contributed by atoms with Gasteiger partial charge in [0.15, 0.2) is 5.13 Å². The van der Waals surface area contributed by atoms with Crippen LogP contribution in [0.5, 0.6) is 0 Å². The highest BCUT2D eigenvalue weighted by Crippen LogP contribution is 2.32. The molecule has 7 nitrogen and oxygen atoms in total. The molecule has 0 aliphatic heterocycles. The second kappa shape index (κ2) is 11.6. The first-order valence-electron chi connectivity index (χ1n) is 11.7. The van der Waals surface area contributed by atoms with Gasteiger partial charge in [-0.05, 0) is 61.0 Å². The molecule has 4 rings (SSSR count). The summed E-state index contributed by atoms with van der Waals surface area (Å²) in [6, 6.07) is 17.5. The molecule has 0 aliphatic carbocycles. The second-order valence-electron chi connectivity index (χ2n) is 8.20. The predicted molar refractivity (Wildman–Crippen MR) is 148 cm³/mol. The first-order valence-corrected chi connectivity index (χ1v) is 14.8. The molecule has 0 radical (unpaired) electrons. The monoisotopic (exact) mass is 586 g/mol. The second-order valence-corrected chi connectivity index (χ2v) is 12.1. The molecule has 4 aromatic rings. The normalized spacial score (nSPS) is 11.8. The molecule has 1 amide bonds. The number of benzene rings is 2. The number of fused-ring (bicyclic) bond motifs is 1. The Hall–Kier alpha value is -2.66. The third kappa shape index (κ3) is 5.83. The summed E-state index contributed by atoms with van der Waals surface area (Å²) >= 11 is 4.90. The standard InChI is InChI=1S/C26H27BrN4O3S2/c1-3-5-16-30(4-2)36(33,34)22-12-9-19(10-13-22)25(32)31(18-21-8-6-7-15-28-21)26-29-23-14-11-20(27)17-24(23)35-26/h6-15,17H,3-5,16,18H2,1-2H3. The molecule has 0 bridgehead atoms. The number of carbonyl (C=O) groups is 1. The summed E-state index contributed by atoms with van der Waals surface area (Å²) in [5, 5.41) is 0.548. The molecule has 0 unspecified atom stereocenters. The fourth-order valence-electron chi connectivity index (χ4n) is 3.74. The van der Waals surface area contributed by atoms with Crippen molar-refractivity contribution in [1.82, 2.24) is 14.3 Å². The molecular formula is C26H27BrN4O3S2. The maximum Gasteiger partial charge on any atom is 0.260 e. The van der Waals surface area contributed by atoms with Gasteiger partial charge in [0.1, 0.15) is 0 Å². The van der Waals surface area contributed by atoms with Crippen molar-refractivity contribution in [3.05, 3.63) is 82.6 Å². The van der Waals surface area contributed by atoms with Gasteiger partial charge in [-0.2, -0.15) is 4.31 Å². The van der Waals surface area contributed by atoms with Crippen molar-refractivity contribution < 1.29 is 13.2 Å². The Morgan fingerprint density at radius 1 is 1.06 bits per heavy atom. The zero-order chi connectivity index (χ0) is 25.7. The summed E-state index contributed by atoms with van der Waals surface area (Å²) in [7, 11) is -3.62. The van der Waals surface area contributed by atoms with E-state index in [4.69, 9.17) is 0 Å².